The molecule has 0 aromatic rings. The van der Waals surface area contributed by atoms with Gasteiger partial charge in [-0.3, -0.25) is 0 Å². The molecule has 1 nitrogen and oxygen atoms in total. The van der Waals surface area contributed by atoms with E-state index in [9.17, 15) is 13.4 Å². The first-order valence-corrected chi connectivity index (χ1v) is 0.954. The highest BCUT2D eigenvalue weighted by molar-refractivity contribution is 3.33. The molecule has 0 heterocycles. The highest BCUT2D eigenvalue weighted by atomic mass is 19.6. The number of halogens is 3. The van der Waals surface area contributed by atoms with Gasteiger partial charge >= 0.3 is 0 Å². The smallest absolute Gasteiger partial charge is 0.0892 e. The lowest BCUT2D eigenvalue weighted by Crippen LogP contribution is -2.07. The minimum absolute atomic E-state index is 0.125. The first-order valence-electron chi connectivity index (χ1n) is 0.954. The van der Waals surface area contributed by atoms with E-state index in [1.807, 2.05) is 0 Å². The molecule has 0 N–H and O–H groups in total. The molecule has 0 bridgehead atoms. The Bertz CT molecular complexity index is 22.4. The van der Waals surface area contributed by atoms with Gasteiger partial charge in [-0.2, -0.15) is 0 Å². The molecule has 0 aliphatic rings. The van der Waals surface area contributed by atoms with Crippen LogP contribution in [-0.4, -0.2) is 12.2 Å². The first-order chi connectivity index (χ1) is 2.00. The van der Waals surface area contributed by atoms with E-state index in [4.69, 9.17) is 0 Å². The van der Waals surface area contributed by atoms with E-state index in [2.05, 4.69) is 0 Å². The van der Waals surface area contributed by atoms with Crippen molar-refractivity contribution in [1.82, 2.24) is 0 Å². The third-order valence-corrected chi connectivity index (χ3v) is 0. The Hall–Kier alpha value is -0.250. The van der Waals surface area contributed by atoms with E-state index < -0.39 is 5.15 Å². The Balaban J connectivity index is 3.02. The van der Waals surface area contributed by atoms with Crippen LogP contribution in [0.5, 0.6) is 0 Å². The van der Waals surface area contributed by atoms with Crippen molar-refractivity contribution < 1.29 is 18.6 Å². The van der Waals surface area contributed by atoms with Crippen molar-refractivity contribution in [3.8, 4) is 0 Å². The molecular formula is CH3F3N+. The lowest BCUT2D eigenvalue weighted by molar-refractivity contribution is -1.26. The van der Waals surface area contributed by atoms with Crippen LogP contribution in [0.15, 0.2) is 0 Å². The average Bonchev–Trinajstić information content (AvgIpc) is 0.722. The van der Waals surface area contributed by atoms with Gasteiger partial charge in [0.05, 0.1) is 13.4 Å². The molecule has 0 rings (SSSR count). The molecule has 0 atom stereocenters. The summed E-state index contributed by atoms with van der Waals surface area (Å²) < 4.78 is 30.9. The molecule has 0 radical (unpaired) electrons. The molecule has 4 heteroatoms. The quantitative estimate of drug-likeness (QED) is 0.387. The average molecular weight is 86.0 g/mol. The standard InChI is InChI=1S/CH3F3N/c1-5(2,3)4/h1H3/q+1. The van der Waals surface area contributed by atoms with Gasteiger partial charge in [0, 0.05) is 0 Å². The van der Waals surface area contributed by atoms with Gasteiger partial charge < -0.3 is 0 Å². The highest BCUT2D eigenvalue weighted by Gasteiger charge is 2.18. The summed E-state index contributed by atoms with van der Waals surface area (Å²) in [5.74, 6) is 0. The zero-order valence-corrected chi connectivity index (χ0v) is 2.58. The van der Waals surface area contributed by atoms with Gasteiger partial charge in [-0.25, -0.2) is 0 Å². The molecule has 32 valence electrons. The molecule has 0 aromatic carbocycles. The van der Waals surface area contributed by atoms with Crippen LogP contribution < -0.4 is 0 Å². The Morgan fingerprint density at radius 3 is 1.20 bits per heavy atom. The molecular weight excluding hydrogens is 83.0 g/mol. The third kappa shape index (κ3) is 184. The van der Waals surface area contributed by atoms with E-state index in [0.29, 0.717) is 0 Å². The molecule has 0 saturated heterocycles. The summed E-state index contributed by atoms with van der Waals surface area (Å²) in [5, 5.41) is -3.50. The number of nitrogens with zero attached hydrogens (tertiary/aromatic N) is 1. The highest BCUT2D eigenvalue weighted by Crippen LogP contribution is 2.01. The fourth-order valence-electron chi connectivity index (χ4n) is 0. The fourth-order valence-corrected chi connectivity index (χ4v) is 0. The Kier molecular flexibility index (Phi) is 0.815. The van der Waals surface area contributed by atoms with Crippen molar-refractivity contribution in [2.75, 3.05) is 7.05 Å². The van der Waals surface area contributed by atoms with E-state index in [1.54, 1.807) is 0 Å². The maximum absolute atomic E-state index is 10.3. The van der Waals surface area contributed by atoms with Crippen LogP contribution in [0.3, 0.4) is 0 Å². The zero-order chi connectivity index (χ0) is 4.50. The van der Waals surface area contributed by atoms with Crippen molar-refractivity contribution in [3.63, 3.8) is 0 Å². The Morgan fingerprint density at radius 1 is 1.20 bits per heavy atom. The van der Waals surface area contributed by atoms with Gasteiger partial charge in [-0.15, -0.1) is 0 Å². The predicted octanol–water partition coefficient (Wildman–Crippen LogP) is 1.09. The number of quaternary nitrogens is 1. The summed E-state index contributed by atoms with van der Waals surface area (Å²) in [6, 6.07) is 0. The molecule has 0 aliphatic heterocycles. The van der Waals surface area contributed by atoms with E-state index in [1.165, 1.54) is 0 Å². The molecule has 0 saturated carbocycles. The summed E-state index contributed by atoms with van der Waals surface area (Å²) >= 11 is 0. The zero-order valence-electron chi connectivity index (χ0n) is 2.58. The van der Waals surface area contributed by atoms with Crippen LogP contribution in [0.25, 0.3) is 0 Å². The number of hydrogen-bond donors (Lipinski definition) is 0. The second-order valence-corrected chi connectivity index (χ2v) is 0.699. The SMILES string of the molecule is C[N+](F)(F)F. The van der Waals surface area contributed by atoms with Gasteiger partial charge in [-0.1, -0.05) is 0 Å². The summed E-state index contributed by atoms with van der Waals surface area (Å²) in [5.41, 5.74) is 0. The monoisotopic (exact) mass is 86.0 g/mol. The van der Waals surface area contributed by atoms with Crippen molar-refractivity contribution in [2.24, 2.45) is 0 Å². The van der Waals surface area contributed by atoms with Crippen LogP contribution in [0.2, 0.25) is 0 Å². The van der Waals surface area contributed by atoms with Gasteiger partial charge in [0.1, 0.15) is 0 Å². The number of hydrogen-bond acceptors (Lipinski definition) is 0. The van der Waals surface area contributed by atoms with Crippen molar-refractivity contribution in [1.29, 1.82) is 0 Å². The van der Waals surface area contributed by atoms with Crippen molar-refractivity contribution in [2.45, 2.75) is 0 Å². The minimum Gasteiger partial charge on any atom is 0.0892 e. The lowest BCUT2D eigenvalue weighted by atomic mass is 11.5. The van der Waals surface area contributed by atoms with Gasteiger partial charge in [0.15, 0.2) is 7.05 Å². The van der Waals surface area contributed by atoms with Crippen LogP contribution in [0.1, 0.15) is 0 Å². The van der Waals surface area contributed by atoms with Gasteiger partial charge in [0.2, 0.25) is 5.15 Å². The largest absolute Gasteiger partial charge is 0.241 e. The Morgan fingerprint density at radius 2 is 1.20 bits per heavy atom. The summed E-state index contributed by atoms with van der Waals surface area (Å²) in [7, 11) is 0.125. The fraction of sp³-hybridized carbons (Fsp3) is 1.00. The molecule has 0 amide bonds. The molecule has 0 aliphatic carbocycles. The molecule has 0 unspecified atom stereocenters. The minimum atomic E-state index is -3.50. The molecule has 0 fully saturated rings. The Labute approximate surface area is 27.0 Å². The predicted molar refractivity (Wildman–Crippen MR) is 9.51 cm³/mol. The summed E-state index contributed by atoms with van der Waals surface area (Å²) in [6.45, 7) is 0. The lowest BCUT2D eigenvalue weighted by Gasteiger charge is -1.82. The molecule has 5 heavy (non-hydrogen) atoms. The van der Waals surface area contributed by atoms with Crippen LogP contribution in [0.4, 0.5) is 13.4 Å². The van der Waals surface area contributed by atoms with Crippen LogP contribution >= 0.6 is 0 Å². The topological polar surface area (TPSA) is 0 Å². The molecule has 0 aromatic heterocycles. The summed E-state index contributed by atoms with van der Waals surface area (Å²) in [4.78, 5) is 0. The van der Waals surface area contributed by atoms with E-state index >= 15 is 0 Å². The molecule has 0 spiro atoms. The second-order valence-electron chi connectivity index (χ2n) is 0.699. The van der Waals surface area contributed by atoms with Gasteiger partial charge in [-0.05, 0) is 0 Å². The third-order valence-electron chi connectivity index (χ3n) is 0. The van der Waals surface area contributed by atoms with Gasteiger partial charge in [0.25, 0.3) is 0 Å². The summed E-state index contributed by atoms with van der Waals surface area (Å²) in [6.07, 6.45) is 0. The van der Waals surface area contributed by atoms with Crippen LogP contribution in [0, 0.1) is 0 Å². The van der Waals surface area contributed by atoms with E-state index in [-0.39, 0.29) is 7.05 Å². The van der Waals surface area contributed by atoms with Crippen LogP contribution in [-0.2, 0) is 0 Å². The van der Waals surface area contributed by atoms with Crippen molar-refractivity contribution >= 4 is 0 Å². The maximum atomic E-state index is 10.3. The van der Waals surface area contributed by atoms with Crippen molar-refractivity contribution in [3.05, 3.63) is 0 Å². The van der Waals surface area contributed by atoms with E-state index in [0.717, 1.165) is 0 Å². The second kappa shape index (κ2) is 0.858. The number of rotatable bonds is 0. The first kappa shape index (κ1) is 4.75. The maximum Gasteiger partial charge on any atom is 0.241 e. The normalized spacial score (nSPS) is 12.0.